The van der Waals surface area contributed by atoms with Crippen LogP contribution in [-0.4, -0.2) is 39.8 Å². The zero-order chi connectivity index (χ0) is 25.8. The molecule has 0 N–H and O–H groups in total. The molecule has 0 spiro atoms. The number of amides is 1. The lowest BCUT2D eigenvalue weighted by Gasteiger charge is -2.33. The number of allylic oxidation sites excluding steroid dienone is 1. The molecule has 0 saturated carbocycles. The largest absolute Gasteiger partial charge is 0.490 e. The maximum atomic E-state index is 13.4. The molecule has 36 heavy (non-hydrogen) atoms. The van der Waals surface area contributed by atoms with Gasteiger partial charge in [-0.25, -0.2) is 9.79 Å². The number of fused-ring (bicyclic) bond motifs is 1. The lowest BCUT2D eigenvalue weighted by atomic mass is 9.93. The average molecular weight is 509 g/mol. The first-order valence-electron chi connectivity index (χ1n) is 11.8. The number of esters is 2. The fourth-order valence-electron chi connectivity index (χ4n) is 4.17. The molecule has 0 radical (unpaired) electrons. The number of rotatable bonds is 8. The quantitative estimate of drug-likeness (QED) is 0.374. The van der Waals surface area contributed by atoms with Crippen molar-refractivity contribution in [2.45, 2.75) is 52.0 Å². The van der Waals surface area contributed by atoms with E-state index in [4.69, 9.17) is 14.2 Å². The van der Waals surface area contributed by atoms with Gasteiger partial charge in [0.05, 0.1) is 29.2 Å². The Morgan fingerprint density at radius 1 is 1.08 bits per heavy atom. The number of thioether (sulfide) groups is 1. The normalized spacial score (nSPS) is 19.1. The van der Waals surface area contributed by atoms with Crippen molar-refractivity contribution in [1.29, 1.82) is 0 Å². The molecule has 9 heteroatoms. The minimum absolute atomic E-state index is 0.0929. The molecule has 4 rings (SSSR count). The second kappa shape index (κ2) is 11.0. The third-order valence-electron chi connectivity index (χ3n) is 5.79. The maximum Gasteiger partial charge on any atom is 0.338 e. The van der Waals surface area contributed by atoms with Crippen LogP contribution in [0.3, 0.4) is 0 Å². The number of hydrogen-bond acceptors (Lipinski definition) is 8. The molecular weight excluding hydrogens is 480 g/mol. The molecule has 188 valence electrons. The first-order valence-corrected chi connectivity index (χ1v) is 12.7. The average Bonchev–Trinajstić information content (AvgIpc) is 3.18. The molecule has 0 unspecified atom stereocenters. The van der Waals surface area contributed by atoms with Crippen LogP contribution in [0.15, 0.2) is 64.8 Å². The minimum atomic E-state index is -0.761. The number of nitrogens with zero attached hydrogens (tertiary/aromatic N) is 2. The van der Waals surface area contributed by atoms with Gasteiger partial charge in [0.2, 0.25) is 5.91 Å². The van der Waals surface area contributed by atoms with E-state index in [-0.39, 0.29) is 29.1 Å². The smallest absolute Gasteiger partial charge is 0.338 e. The molecule has 2 aliphatic rings. The van der Waals surface area contributed by atoms with Crippen molar-refractivity contribution < 1.29 is 28.6 Å². The van der Waals surface area contributed by atoms with Gasteiger partial charge in [0.15, 0.2) is 16.7 Å². The Morgan fingerprint density at radius 2 is 1.83 bits per heavy atom. The van der Waals surface area contributed by atoms with E-state index in [2.05, 4.69) is 4.99 Å². The third kappa shape index (κ3) is 5.16. The molecule has 1 fully saturated rings. The molecule has 8 nitrogen and oxygen atoms in total. The van der Waals surface area contributed by atoms with Crippen LogP contribution >= 0.6 is 11.8 Å². The lowest BCUT2D eigenvalue weighted by Crippen LogP contribution is -2.40. The highest BCUT2D eigenvalue weighted by molar-refractivity contribution is 8.15. The number of carbonyl (C=O) groups is 3. The Bertz CT molecular complexity index is 1240. The van der Waals surface area contributed by atoms with Crippen LogP contribution in [0.4, 0.5) is 0 Å². The van der Waals surface area contributed by atoms with Crippen molar-refractivity contribution in [2.24, 2.45) is 4.99 Å². The van der Waals surface area contributed by atoms with Gasteiger partial charge < -0.3 is 14.2 Å². The van der Waals surface area contributed by atoms with Crippen LogP contribution in [0.1, 0.15) is 51.3 Å². The number of ether oxygens (including phenoxy) is 3. The Hall–Kier alpha value is -3.59. The topological polar surface area (TPSA) is 94.5 Å². The van der Waals surface area contributed by atoms with Crippen molar-refractivity contribution in [1.82, 2.24) is 4.90 Å². The number of hydrogen-bond donors (Lipinski definition) is 0. The van der Waals surface area contributed by atoms with E-state index in [9.17, 15) is 14.4 Å². The Balaban J connectivity index is 1.76. The Labute approximate surface area is 214 Å². The van der Waals surface area contributed by atoms with Crippen LogP contribution in [0.2, 0.25) is 0 Å². The summed E-state index contributed by atoms with van der Waals surface area (Å²) in [6, 6.07) is 13.7. The zero-order valence-corrected chi connectivity index (χ0v) is 21.5. The van der Waals surface area contributed by atoms with Gasteiger partial charge in [-0.1, -0.05) is 55.1 Å². The Morgan fingerprint density at radius 3 is 2.50 bits per heavy atom. The van der Waals surface area contributed by atoms with Gasteiger partial charge in [0.25, 0.3) is 0 Å². The first-order chi connectivity index (χ1) is 17.3. The molecule has 2 aromatic carbocycles. The highest BCUT2D eigenvalue weighted by Gasteiger charge is 2.47. The zero-order valence-electron chi connectivity index (χ0n) is 20.6. The highest BCUT2D eigenvalue weighted by Crippen LogP contribution is 2.45. The predicted octanol–water partition coefficient (Wildman–Crippen LogP) is 4.79. The summed E-state index contributed by atoms with van der Waals surface area (Å²) in [7, 11) is 0. The number of benzene rings is 2. The fraction of sp³-hybridized carbons (Fsp3) is 0.333. The van der Waals surface area contributed by atoms with E-state index < -0.39 is 18.0 Å². The van der Waals surface area contributed by atoms with Crippen molar-refractivity contribution in [3.8, 4) is 11.5 Å². The predicted molar refractivity (Wildman–Crippen MR) is 137 cm³/mol. The molecule has 2 aliphatic heterocycles. The molecular formula is C27H28N2O6S. The van der Waals surface area contributed by atoms with Gasteiger partial charge in [0, 0.05) is 6.92 Å². The summed E-state index contributed by atoms with van der Waals surface area (Å²) in [5.41, 5.74) is 2.24. The monoisotopic (exact) mass is 508 g/mol. The number of aliphatic imine (C=N–C) groups is 1. The van der Waals surface area contributed by atoms with Crippen molar-refractivity contribution in [3.05, 3.63) is 70.9 Å². The van der Waals surface area contributed by atoms with Gasteiger partial charge in [-0.2, -0.15) is 0 Å². The van der Waals surface area contributed by atoms with E-state index >= 15 is 0 Å². The molecule has 2 aromatic rings. The second-order valence-corrected chi connectivity index (χ2v) is 9.48. The van der Waals surface area contributed by atoms with Crippen molar-refractivity contribution >= 4 is 34.8 Å². The van der Waals surface area contributed by atoms with Gasteiger partial charge in [-0.05, 0) is 43.5 Å². The molecule has 0 aromatic heterocycles. The summed E-state index contributed by atoms with van der Waals surface area (Å²) in [6.07, 6.45) is 0.633. The third-order valence-corrected chi connectivity index (χ3v) is 7.11. The van der Waals surface area contributed by atoms with Crippen LogP contribution in [-0.2, 0) is 25.7 Å². The van der Waals surface area contributed by atoms with Gasteiger partial charge in [-0.15, -0.1) is 0 Å². The van der Waals surface area contributed by atoms with Crippen LogP contribution in [0, 0.1) is 0 Å². The summed E-state index contributed by atoms with van der Waals surface area (Å²) >= 11 is 1.39. The second-order valence-electron chi connectivity index (χ2n) is 8.31. The van der Waals surface area contributed by atoms with Gasteiger partial charge in [-0.3, -0.25) is 14.5 Å². The first kappa shape index (κ1) is 25.5. The van der Waals surface area contributed by atoms with Gasteiger partial charge in [0.1, 0.15) is 6.61 Å². The molecule has 2 atom stereocenters. The lowest BCUT2D eigenvalue weighted by molar-refractivity contribution is -0.141. The number of carbonyl (C=O) groups excluding carboxylic acids is 3. The van der Waals surface area contributed by atoms with Crippen molar-refractivity contribution in [2.75, 3.05) is 6.61 Å². The molecule has 0 aliphatic carbocycles. The summed E-state index contributed by atoms with van der Waals surface area (Å²) in [5.74, 6) is -0.540. The van der Waals surface area contributed by atoms with Gasteiger partial charge >= 0.3 is 11.9 Å². The summed E-state index contributed by atoms with van der Waals surface area (Å²) < 4.78 is 16.7. The van der Waals surface area contributed by atoms with Crippen LogP contribution in [0.5, 0.6) is 11.5 Å². The van der Waals surface area contributed by atoms with E-state index in [1.165, 1.54) is 18.7 Å². The van der Waals surface area contributed by atoms with E-state index in [0.717, 1.165) is 5.56 Å². The molecule has 0 bridgehead atoms. The molecule has 2 heterocycles. The summed E-state index contributed by atoms with van der Waals surface area (Å²) in [4.78, 5) is 44.6. The van der Waals surface area contributed by atoms with Crippen LogP contribution < -0.4 is 9.47 Å². The Kier molecular flexibility index (Phi) is 7.79. The van der Waals surface area contributed by atoms with E-state index in [1.807, 2.05) is 44.2 Å². The van der Waals surface area contributed by atoms with Crippen molar-refractivity contribution in [3.63, 3.8) is 0 Å². The summed E-state index contributed by atoms with van der Waals surface area (Å²) in [5, 5.41) is 0.265. The van der Waals surface area contributed by atoms with E-state index in [1.54, 1.807) is 30.0 Å². The SMILES string of the molecule is CCOc1cc([C@@H]2C(C(=O)OCc3ccccc3)=C(C)N=C3S[C@@H](CC)C(=O)N32)ccc1OC(C)=O. The molecule has 1 amide bonds. The minimum Gasteiger partial charge on any atom is -0.490 e. The number of amidine groups is 1. The highest BCUT2D eigenvalue weighted by atomic mass is 32.2. The maximum absolute atomic E-state index is 13.4. The summed E-state index contributed by atoms with van der Waals surface area (Å²) in [6.45, 7) is 7.25. The molecule has 1 saturated heterocycles. The van der Waals surface area contributed by atoms with E-state index in [0.29, 0.717) is 35.2 Å². The fourth-order valence-corrected chi connectivity index (χ4v) is 5.30. The van der Waals surface area contributed by atoms with Crippen LogP contribution in [0.25, 0.3) is 0 Å². The standard InChI is InChI=1S/C27H28N2O6S/c1-5-22-25(31)29-24(19-12-13-20(35-17(4)30)21(14-19)33-6-2)23(16(3)28-27(29)36-22)26(32)34-15-18-10-8-7-9-11-18/h7-14,22,24H,5-6,15H2,1-4H3/t22-,24+/m0/s1.